The lowest BCUT2D eigenvalue weighted by Crippen LogP contribution is -2.18. The number of hydrazone groups is 1. The van der Waals surface area contributed by atoms with Crippen molar-refractivity contribution >= 4 is 18.1 Å². The number of hydrogen-bond donors (Lipinski definition) is 1. The number of benzene rings is 3. The first-order chi connectivity index (χ1) is 17.5. The predicted molar refractivity (Wildman–Crippen MR) is 137 cm³/mol. The molecule has 0 aliphatic rings. The maximum atomic E-state index is 12.6. The number of para-hydroxylation sites is 1. The van der Waals surface area contributed by atoms with E-state index in [2.05, 4.69) is 10.5 Å². The van der Waals surface area contributed by atoms with Gasteiger partial charge in [-0.3, -0.25) is 4.79 Å². The molecule has 1 N–H and O–H groups in total. The van der Waals surface area contributed by atoms with Gasteiger partial charge < -0.3 is 18.9 Å². The van der Waals surface area contributed by atoms with E-state index >= 15 is 0 Å². The van der Waals surface area contributed by atoms with Gasteiger partial charge in [0.2, 0.25) is 0 Å². The summed E-state index contributed by atoms with van der Waals surface area (Å²) in [6, 6.07) is 18.7. The molecule has 0 unspecified atom stereocenters. The summed E-state index contributed by atoms with van der Waals surface area (Å²) in [6.45, 7) is 7.14. The maximum Gasteiger partial charge on any atom is 0.343 e. The normalized spacial score (nSPS) is 10.6. The van der Waals surface area contributed by atoms with Crippen molar-refractivity contribution in [2.24, 2.45) is 5.10 Å². The van der Waals surface area contributed by atoms with E-state index in [0.717, 1.165) is 6.42 Å². The quantitative estimate of drug-likeness (QED) is 0.161. The maximum absolute atomic E-state index is 12.6. The van der Waals surface area contributed by atoms with Crippen LogP contribution in [0.2, 0.25) is 0 Å². The Balaban J connectivity index is 1.67. The molecule has 36 heavy (non-hydrogen) atoms. The molecule has 0 aromatic heterocycles. The van der Waals surface area contributed by atoms with Crippen LogP contribution < -0.4 is 24.4 Å². The summed E-state index contributed by atoms with van der Waals surface area (Å²) in [4.78, 5) is 25.1. The van der Waals surface area contributed by atoms with Gasteiger partial charge in [0.1, 0.15) is 11.5 Å². The molecule has 0 spiro atoms. The second-order valence-corrected chi connectivity index (χ2v) is 7.53. The van der Waals surface area contributed by atoms with Crippen molar-refractivity contribution in [3.63, 3.8) is 0 Å². The van der Waals surface area contributed by atoms with Crippen molar-refractivity contribution in [1.29, 1.82) is 0 Å². The van der Waals surface area contributed by atoms with Crippen LogP contribution in [-0.4, -0.2) is 37.9 Å². The molecule has 1 amide bonds. The van der Waals surface area contributed by atoms with Crippen molar-refractivity contribution in [3.05, 3.63) is 83.4 Å². The molecule has 3 aromatic carbocycles. The average molecular weight is 491 g/mol. The third kappa shape index (κ3) is 7.33. The van der Waals surface area contributed by atoms with Crippen LogP contribution in [0.4, 0.5) is 0 Å². The van der Waals surface area contributed by atoms with Crippen LogP contribution in [0, 0.1) is 0 Å². The minimum Gasteiger partial charge on any atom is -0.494 e. The second-order valence-electron chi connectivity index (χ2n) is 7.53. The number of ether oxygens (including phenoxy) is 4. The van der Waals surface area contributed by atoms with Gasteiger partial charge in [0, 0.05) is 0 Å². The molecule has 188 valence electrons. The Hall–Kier alpha value is -4.33. The van der Waals surface area contributed by atoms with E-state index in [1.54, 1.807) is 66.7 Å². The number of nitrogens with one attached hydrogen (secondary N) is 1. The molecule has 3 aromatic rings. The molecule has 8 heteroatoms. The summed E-state index contributed by atoms with van der Waals surface area (Å²) in [7, 11) is 0. The van der Waals surface area contributed by atoms with Crippen molar-refractivity contribution in [1.82, 2.24) is 5.43 Å². The highest BCUT2D eigenvalue weighted by atomic mass is 16.6. The third-order valence-corrected chi connectivity index (χ3v) is 4.84. The number of amides is 1. The van der Waals surface area contributed by atoms with E-state index in [4.69, 9.17) is 18.9 Å². The van der Waals surface area contributed by atoms with Crippen LogP contribution in [0.1, 0.15) is 53.5 Å². The molecular weight excluding hydrogens is 460 g/mol. The number of nitrogens with zero attached hydrogens (tertiary/aromatic N) is 1. The Morgan fingerprint density at radius 2 is 1.56 bits per heavy atom. The van der Waals surface area contributed by atoms with Crippen LogP contribution >= 0.6 is 0 Å². The fourth-order valence-electron chi connectivity index (χ4n) is 3.18. The molecule has 0 fully saturated rings. The lowest BCUT2D eigenvalue weighted by molar-refractivity contribution is 0.0728. The summed E-state index contributed by atoms with van der Waals surface area (Å²) < 4.78 is 22.2. The summed E-state index contributed by atoms with van der Waals surface area (Å²) in [5, 5.41) is 4.03. The van der Waals surface area contributed by atoms with Crippen LogP contribution in [-0.2, 0) is 0 Å². The molecular formula is C28H30N2O6. The highest BCUT2D eigenvalue weighted by Crippen LogP contribution is 2.29. The molecule has 0 aliphatic carbocycles. The van der Waals surface area contributed by atoms with Gasteiger partial charge in [0.15, 0.2) is 11.5 Å². The monoisotopic (exact) mass is 490 g/mol. The van der Waals surface area contributed by atoms with E-state index in [-0.39, 0.29) is 5.75 Å². The lowest BCUT2D eigenvalue weighted by Gasteiger charge is -2.12. The van der Waals surface area contributed by atoms with Gasteiger partial charge in [-0.05, 0) is 80.4 Å². The Morgan fingerprint density at radius 1 is 0.833 bits per heavy atom. The molecule has 0 heterocycles. The summed E-state index contributed by atoms with van der Waals surface area (Å²) in [5.41, 5.74) is 3.92. The zero-order chi connectivity index (χ0) is 25.8. The lowest BCUT2D eigenvalue weighted by atomic mass is 10.2. The van der Waals surface area contributed by atoms with Crippen molar-refractivity contribution in [2.45, 2.75) is 27.2 Å². The van der Waals surface area contributed by atoms with Gasteiger partial charge in [-0.2, -0.15) is 5.10 Å². The molecule has 0 bridgehead atoms. The summed E-state index contributed by atoms with van der Waals surface area (Å²) >= 11 is 0. The van der Waals surface area contributed by atoms with Gasteiger partial charge in [-0.15, -0.1) is 0 Å². The fraction of sp³-hybridized carbons (Fsp3) is 0.250. The predicted octanol–water partition coefficient (Wildman–Crippen LogP) is 5.26. The Kier molecular flexibility index (Phi) is 9.88. The van der Waals surface area contributed by atoms with Gasteiger partial charge in [0.05, 0.1) is 37.2 Å². The first-order valence-corrected chi connectivity index (χ1v) is 11.8. The molecule has 0 aliphatic heterocycles. The van der Waals surface area contributed by atoms with Gasteiger partial charge in [0.25, 0.3) is 5.91 Å². The standard InChI is InChI=1S/C28H30N2O6/c1-4-17-35-22-14-12-21(13-15-22)28(32)36-25-16-11-20(18-26(25)34-6-3)19-29-30-27(31)23-9-7-8-10-24(23)33-5-2/h7-16,18-19H,4-6,17H2,1-3H3,(H,30,31)/b29-19+. The summed E-state index contributed by atoms with van der Waals surface area (Å²) in [5.74, 6) is 0.934. The number of rotatable bonds is 12. The smallest absolute Gasteiger partial charge is 0.343 e. The van der Waals surface area contributed by atoms with Gasteiger partial charge in [-0.1, -0.05) is 19.1 Å². The fourth-order valence-corrected chi connectivity index (χ4v) is 3.18. The first kappa shape index (κ1) is 26.3. The van der Waals surface area contributed by atoms with E-state index in [0.29, 0.717) is 53.8 Å². The van der Waals surface area contributed by atoms with Gasteiger partial charge in [-0.25, -0.2) is 10.2 Å². The number of hydrogen-bond acceptors (Lipinski definition) is 7. The van der Waals surface area contributed by atoms with Crippen molar-refractivity contribution in [3.8, 4) is 23.0 Å². The number of carbonyl (C=O) groups excluding carboxylic acids is 2. The zero-order valence-electron chi connectivity index (χ0n) is 20.7. The SMILES string of the molecule is CCCOc1ccc(C(=O)Oc2ccc(/C=N/NC(=O)c3ccccc3OCC)cc2OCC)cc1. The van der Waals surface area contributed by atoms with E-state index in [1.807, 2.05) is 20.8 Å². The molecule has 0 saturated heterocycles. The molecule has 0 radical (unpaired) electrons. The number of esters is 1. The van der Waals surface area contributed by atoms with Crippen LogP contribution in [0.15, 0.2) is 71.8 Å². The Morgan fingerprint density at radius 3 is 2.28 bits per heavy atom. The third-order valence-electron chi connectivity index (χ3n) is 4.84. The summed E-state index contributed by atoms with van der Waals surface area (Å²) in [6.07, 6.45) is 2.38. The molecule has 8 nitrogen and oxygen atoms in total. The van der Waals surface area contributed by atoms with Crippen molar-refractivity contribution < 1.29 is 28.5 Å². The second kappa shape index (κ2) is 13.5. The van der Waals surface area contributed by atoms with Crippen LogP contribution in [0.3, 0.4) is 0 Å². The molecule has 3 rings (SSSR count). The molecule has 0 atom stereocenters. The van der Waals surface area contributed by atoms with Crippen molar-refractivity contribution in [2.75, 3.05) is 19.8 Å². The molecule has 0 saturated carbocycles. The van der Waals surface area contributed by atoms with Crippen LogP contribution in [0.5, 0.6) is 23.0 Å². The largest absolute Gasteiger partial charge is 0.494 e. The average Bonchev–Trinajstić information content (AvgIpc) is 2.89. The van der Waals surface area contributed by atoms with E-state index in [1.165, 1.54) is 6.21 Å². The number of carbonyl (C=O) groups is 2. The highest BCUT2D eigenvalue weighted by Gasteiger charge is 2.14. The minimum absolute atomic E-state index is 0.278. The highest BCUT2D eigenvalue weighted by molar-refractivity contribution is 5.97. The van der Waals surface area contributed by atoms with E-state index < -0.39 is 11.9 Å². The first-order valence-electron chi connectivity index (χ1n) is 11.8. The van der Waals surface area contributed by atoms with Crippen LogP contribution in [0.25, 0.3) is 0 Å². The Bertz CT molecular complexity index is 1190. The zero-order valence-corrected chi connectivity index (χ0v) is 20.7. The van der Waals surface area contributed by atoms with E-state index in [9.17, 15) is 9.59 Å². The Labute approximate surface area is 210 Å². The minimum atomic E-state index is -0.514. The topological polar surface area (TPSA) is 95.5 Å². The van der Waals surface area contributed by atoms with Gasteiger partial charge >= 0.3 is 5.97 Å².